The number of benzene rings is 1. The minimum Gasteiger partial charge on any atom is -0.328 e. The maximum absolute atomic E-state index is 12.2. The number of rotatable bonds is 8. The molecule has 1 saturated heterocycles. The van der Waals surface area contributed by atoms with Crippen molar-refractivity contribution in [3.8, 4) is 0 Å². The molecule has 0 saturated carbocycles. The zero-order chi connectivity index (χ0) is 20.0. The van der Waals surface area contributed by atoms with Crippen molar-refractivity contribution in [3.05, 3.63) is 24.3 Å². The molecule has 27 heavy (non-hydrogen) atoms. The molecule has 0 spiro atoms. The van der Waals surface area contributed by atoms with Crippen molar-refractivity contribution in [2.24, 2.45) is 5.73 Å². The van der Waals surface area contributed by atoms with Crippen LogP contribution in [0.2, 0.25) is 0 Å². The van der Waals surface area contributed by atoms with Gasteiger partial charge < -0.3 is 16.0 Å². The smallest absolute Gasteiger partial charge is 0.238 e. The molecule has 1 aliphatic heterocycles. The Morgan fingerprint density at radius 3 is 2.30 bits per heavy atom. The molecule has 0 atom stereocenters. The lowest BCUT2D eigenvalue weighted by atomic mass is 10.1. The van der Waals surface area contributed by atoms with Gasteiger partial charge in [-0.2, -0.15) is 0 Å². The van der Waals surface area contributed by atoms with Crippen molar-refractivity contribution in [1.29, 1.82) is 0 Å². The number of carbonyl (C=O) groups excluding carboxylic acids is 1. The molecule has 2 rings (SSSR count). The van der Waals surface area contributed by atoms with Gasteiger partial charge in [0.15, 0.2) is 0 Å². The standard InChI is InChI=1S/C18H31N5O3S/c1-21(2)12-13-23(27(3,25)26)17-6-4-16(5-7-17)20-18(24)14-22-10-8-15(19)9-11-22/h4-7,15H,8-14,19H2,1-3H3,(H,20,24). The quantitative estimate of drug-likeness (QED) is 0.658. The fourth-order valence-corrected chi connectivity index (χ4v) is 3.92. The lowest BCUT2D eigenvalue weighted by molar-refractivity contribution is -0.117. The number of hydrogen-bond acceptors (Lipinski definition) is 6. The highest BCUT2D eigenvalue weighted by Gasteiger charge is 2.19. The van der Waals surface area contributed by atoms with Gasteiger partial charge in [-0.3, -0.25) is 14.0 Å². The Morgan fingerprint density at radius 2 is 1.78 bits per heavy atom. The van der Waals surface area contributed by atoms with Crippen LogP contribution in [-0.4, -0.2) is 83.2 Å². The third kappa shape index (κ3) is 7.10. The van der Waals surface area contributed by atoms with Crippen LogP contribution < -0.4 is 15.4 Å². The predicted octanol–water partition coefficient (Wildman–Crippen LogP) is 0.376. The van der Waals surface area contributed by atoms with E-state index >= 15 is 0 Å². The molecule has 9 heteroatoms. The number of nitrogens with one attached hydrogen (secondary N) is 1. The van der Waals surface area contributed by atoms with E-state index in [1.807, 2.05) is 19.0 Å². The van der Waals surface area contributed by atoms with Gasteiger partial charge in [-0.25, -0.2) is 8.42 Å². The van der Waals surface area contributed by atoms with E-state index in [1.165, 1.54) is 10.6 Å². The summed E-state index contributed by atoms with van der Waals surface area (Å²) in [6, 6.07) is 7.13. The molecule has 0 unspecified atom stereocenters. The summed E-state index contributed by atoms with van der Waals surface area (Å²) in [5, 5.41) is 2.87. The normalized spacial score (nSPS) is 16.5. The van der Waals surface area contributed by atoms with Crippen LogP contribution in [0.5, 0.6) is 0 Å². The van der Waals surface area contributed by atoms with Crippen LogP contribution >= 0.6 is 0 Å². The Bertz CT molecular complexity index is 713. The third-order valence-electron chi connectivity index (χ3n) is 4.59. The summed E-state index contributed by atoms with van der Waals surface area (Å²) < 4.78 is 25.5. The van der Waals surface area contributed by atoms with Gasteiger partial charge in [0.1, 0.15) is 0 Å². The van der Waals surface area contributed by atoms with Crippen LogP contribution in [0.1, 0.15) is 12.8 Å². The van der Waals surface area contributed by atoms with Crippen molar-refractivity contribution in [2.75, 3.05) is 62.7 Å². The zero-order valence-electron chi connectivity index (χ0n) is 16.4. The van der Waals surface area contributed by atoms with Gasteiger partial charge in [0.05, 0.1) is 18.5 Å². The number of carbonyl (C=O) groups is 1. The van der Waals surface area contributed by atoms with E-state index in [1.54, 1.807) is 24.3 Å². The van der Waals surface area contributed by atoms with Gasteiger partial charge in [0, 0.05) is 37.9 Å². The Morgan fingerprint density at radius 1 is 1.19 bits per heavy atom. The second-order valence-corrected chi connectivity index (χ2v) is 9.25. The molecular formula is C18H31N5O3S. The maximum Gasteiger partial charge on any atom is 0.238 e. The largest absolute Gasteiger partial charge is 0.328 e. The third-order valence-corrected chi connectivity index (χ3v) is 5.78. The molecule has 1 aromatic rings. The second-order valence-electron chi connectivity index (χ2n) is 7.35. The zero-order valence-corrected chi connectivity index (χ0v) is 17.2. The molecule has 8 nitrogen and oxygen atoms in total. The number of amides is 1. The van der Waals surface area contributed by atoms with Gasteiger partial charge in [0.25, 0.3) is 0 Å². The topological polar surface area (TPSA) is 99.0 Å². The molecule has 0 aliphatic carbocycles. The highest BCUT2D eigenvalue weighted by Crippen LogP contribution is 2.20. The van der Waals surface area contributed by atoms with Crippen LogP contribution in [0.15, 0.2) is 24.3 Å². The Hall–Kier alpha value is -1.68. The minimum absolute atomic E-state index is 0.0780. The van der Waals surface area contributed by atoms with E-state index in [9.17, 15) is 13.2 Å². The average molecular weight is 398 g/mol. The number of likely N-dealkylation sites (N-methyl/N-ethyl adjacent to an activating group) is 1. The molecule has 1 heterocycles. The first-order valence-electron chi connectivity index (χ1n) is 9.15. The Labute approximate surface area is 162 Å². The summed E-state index contributed by atoms with van der Waals surface area (Å²) in [6.07, 6.45) is 3.02. The maximum atomic E-state index is 12.2. The molecule has 3 N–H and O–H groups in total. The lowest BCUT2D eigenvalue weighted by Crippen LogP contribution is -2.43. The van der Waals surface area contributed by atoms with Gasteiger partial charge in [-0.1, -0.05) is 0 Å². The van der Waals surface area contributed by atoms with Crippen molar-refractivity contribution >= 4 is 27.3 Å². The van der Waals surface area contributed by atoms with Gasteiger partial charge in [-0.05, 0) is 51.2 Å². The van der Waals surface area contributed by atoms with Crippen LogP contribution in [-0.2, 0) is 14.8 Å². The molecule has 1 amide bonds. The SMILES string of the molecule is CN(C)CCN(c1ccc(NC(=O)CN2CCC(N)CC2)cc1)S(C)(=O)=O. The average Bonchev–Trinajstić information content (AvgIpc) is 2.57. The van der Waals surface area contributed by atoms with Gasteiger partial charge in [-0.15, -0.1) is 0 Å². The van der Waals surface area contributed by atoms with E-state index < -0.39 is 10.0 Å². The van der Waals surface area contributed by atoms with E-state index in [0.29, 0.717) is 31.0 Å². The van der Waals surface area contributed by atoms with Crippen molar-refractivity contribution in [2.45, 2.75) is 18.9 Å². The minimum atomic E-state index is -3.37. The summed E-state index contributed by atoms with van der Waals surface area (Å²) in [4.78, 5) is 16.2. The molecular weight excluding hydrogens is 366 g/mol. The van der Waals surface area contributed by atoms with Crippen LogP contribution in [0.4, 0.5) is 11.4 Å². The van der Waals surface area contributed by atoms with Crippen molar-refractivity contribution < 1.29 is 13.2 Å². The molecule has 0 radical (unpaired) electrons. The fraction of sp³-hybridized carbons (Fsp3) is 0.611. The number of nitrogens with zero attached hydrogens (tertiary/aromatic N) is 3. The summed E-state index contributed by atoms with van der Waals surface area (Å²) in [7, 11) is 0.425. The first-order valence-corrected chi connectivity index (χ1v) is 11.0. The molecule has 1 fully saturated rings. The summed E-state index contributed by atoms with van der Waals surface area (Å²) in [5.41, 5.74) is 7.12. The molecule has 152 valence electrons. The van der Waals surface area contributed by atoms with Gasteiger partial charge in [0.2, 0.25) is 15.9 Å². The van der Waals surface area contributed by atoms with E-state index in [-0.39, 0.29) is 11.9 Å². The number of piperidine rings is 1. The molecule has 0 bridgehead atoms. The number of nitrogens with two attached hydrogens (primary N) is 1. The molecule has 1 aliphatic rings. The summed E-state index contributed by atoms with van der Waals surface area (Å²) in [5.74, 6) is -0.0780. The molecule has 1 aromatic carbocycles. The highest BCUT2D eigenvalue weighted by atomic mass is 32.2. The Kier molecular flexibility index (Phi) is 7.60. The van der Waals surface area contributed by atoms with E-state index in [2.05, 4.69) is 10.2 Å². The fourth-order valence-electron chi connectivity index (χ4n) is 3.00. The lowest BCUT2D eigenvalue weighted by Gasteiger charge is -2.29. The number of hydrogen-bond donors (Lipinski definition) is 2. The van der Waals surface area contributed by atoms with Crippen LogP contribution in [0.3, 0.4) is 0 Å². The van der Waals surface area contributed by atoms with Crippen molar-refractivity contribution in [1.82, 2.24) is 9.80 Å². The highest BCUT2D eigenvalue weighted by molar-refractivity contribution is 7.92. The van der Waals surface area contributed by atoms with Crippen LogP contribution in [0.25, 0.3) is 0 Å². The van der Waals surface area contributed by atoms with E-state index in [0.717, 1.165) is 25.9 Å². The number of likely N-dealkylation sites (tertiary alicyclic amines) is 1. The number of sulfonamides is 1. The van der Waals surface area contributed by atoms with E-state index in [4.69, 9.17) is 5.73 Å². The monoisotopic (exact) mass is 397 g/mol. The summed E-state index contributed by atoms with van der Waals surface area (Å²) in [6.45, 7) is 3.00. The van der Waals surface area contributed by atoms with Crippen LogP contribution in [0, 0.1) is 0 Å². The molecule has 0 aromatic heterocycles. The first kappa shape index (κ1) is 21.6. The second kappa shape index (κ2) is 9.50. The number of anilines is 2. The Balaban J connectivity index is 1.95. The predicted molar refractivity (Wildman–Crippen MR) is 109 cm³/mol. The first-order chi connectivity index (χ1) is 12.6. The van der Waals surface area contributed by atoms with Gasteiger partial charge >= 0.3 is 0 Å². The van der Waals surface area contributed by atoms with Crippen molar-refractivity contribution in [3.63, 3.8) is 0 Å². The summed E-state index contributed by atoms with van der Waals surface area (Å²) >= 11 is 0.